The highest BCUT2D eigenvalue weighted by atomic mass is 35.5. The number of carbonyl (C=O) groups is 2. The van der Waals surface area contributed by atoms with Gasteiger partial charge in [0.2, 0.25) is 0 Å². The number of nitro groups is 1. The van der Waals surface area contributed by atoms with Crippen LogP contribution in [0.1, 0.15) is 16.8 Å². The summed E-state index contributed by atoms with van der Waals surface area (Å²) < 4.78 is 0. The predicted octanol–water partition coefficient (Wildman–Crippen LogP) is 0.814. The van der Waals surface area contributed by atoms with E-state index in [-0.39, 0.29) is 17.0 Å². The quantitative estimate of drug-likeness (QED) is 0.526. The summed E-state index contributed by atoms with van der Waals surface area (Å²) in [6, 6.07) is 2.08. The van der Waals surface area contributed by atoms with Gasteiger partial charge in [-0.1, -0.05) is 11.6 Å². The monoisotopic (exact) mass is 302 g/mol. The van der Waals surface area contributed by atoms with Crippen LogP contribution in [-0.4, -0.2) is 39.7 Å². The summed E-state index contributed by atoms with van der Waals surface area (Å²) in [5, 5.41) is 30.6. The molecule has 108 valence electrons. The third-order valence-electron chi connectivity index (χ3n) is 2.42. The lowest BCUT2D eigenvalue weighted by Crippen LogP contribution is -2.41. The van der Waals surface area contributed by atoms with Crippen LogP contribution in [0.5, 0.6) is 0 Å². The highest BCUT2D eigenvalue weighted by Gasteiger charge is 2.25. The van der Waals surface area contributed by atoms with Crippen molar-refractivity contribution in [2.75, 3.05) is 6.61 Å². The van der Waals surface area contributed by atoms with Crippen molar-refractivity contribution in [2.45, 2.75) is 12.5 Å². The van der Waals surface area contributed by atoms with Crippen molar-refractivity contribution in [1.29, 1.82) is 0 Å². The van der Waals surface area contributed by atoms with E-state index in [1.807, 2.05) is 0 Å². The number of nitrogens with one attached hydrogen (secondary N) is 1. The number of aliphatic hydroxyl groups excluding tert-OH is 1. The molecule has 0 aromatic heterocycles. The number of aliphatic hydroxyl groups is 1. The number of hydrogen-bond donors (Lipinski definition) is 3. The molecule has 0 bridgehead atoms. The fraction of sp³-hybridized carbons (Fsp3) is 0.273. The second-order valence-electron chi connectivity index (χ2n) is 3.80. The zero-order valence-corrected chi connectivity index (χ0v) is 10.8. The Labute approximate surface area is 118 Å². The van der Waals surface area contributed by atoms with Crippen molar-refractivity contribution in [2.24, 2.45) is 0 Å². The summed E-state index contributed by atoms with van der Waals surface area (Å²) in [6.07, 6.45) is -0.206. The first-order chi connectivity index (χ1) is 9.36. The Balaban J connectivity index is 3.03. The molecule has 20 heavy (non-hydrogen) atoms. The fourth-order valence-electron chi connectivity index (χ4n) is 1.47. The van der Waals surface area contributed by atoms with Gasteiger partial charge in [-0.2, -0.15) is 0 Å². The molecular formula is C11H11ClN2O6. The Morgan fingerprint density at radius 3 is 2.60 bits per heavy atom. The Hall–Kier alpha value is -2.19. The predicted molar refractivity (Wildman–Crippen MR) is 68.7 cm³/mol. The number of aliphatic carboxylic acids is 1. The molecule has 0 aliphatic heterocycles. The summed E-state index contributed by atoms with van der Waals surface area (Å²) >= 11 is 5.61. The molecule has 1 aromatic carbocycles. The van der Waals surface area contributed by atoms with E-state index in [9.17, 15) is 19.7 Å². The van der Waals surface area contributed by atoms with E-state index in [2.05, 4.69) is 5.32 Å². The Kier molecular flexibility index (Phi) is 5.42. The number of amides is 1. The molecule has 0 unspecified atom stereocenters. The first-order valence-corrected chi connectivity index (χ1v) is 5.83. The molecular weight excluding hydrogens is 292 g/mol. The van der Waals surface area contributed by atoms with Crippen LogP contribution >= 0.6 is 11.6 Å². The largest absolute Gasteiger partial charge is 0.480 e. The van der Waals surface area contributed by atoms with Crippen LogP contribution < -0.4 is 5.32 Å². The molecule has 1 rings (SSSR count). The maximum atomic E-state index is 11.9. The van der Waals surface area contributed by atoms with Gasteiger partial charge in [0.15, 0.2) is 0 Å². The Morgan fingerprint density at radius 1 is 1.45 bits per heavy atom. The molecule has 0 heterocycles. The van der Waals surface area contributed by atoms with Gasteiger partial charge >= 0.3 is 5.97 Å². The lowest BCUT2D eigenvalue weighted by molar-refractivity contribution is -0.385. The lowest BCUT2D eigenvalue weighted by Gasteiger charge is -2.13. The molecule has 1 aromatic rings. The minimum atomic E-state index is -1.34. The van der Waals surface area contributed by atoms with E-state index < -0.39 is 35.1 Å². The first-order valence-electron chi connectivity index (χ1n) is 5.45. The summed E-state index contributed by atoms with van der Waals surface area (Å²) in [5.74, 6) is -2.27. The normalized spacial score (nSPS) is 11.7. The summed E-state index contributed by atoms with van der Waals surface area (Å²) in [5.41, 5.74) is -0.827. The molecule has 1 atom stereocenters. The minimum absolute atomic E-state index is 0.0818. The zero-order valence-electron chi connectivity index (χ0n) is 10.1. The van der Waals surface area contributed by atoms with E-state index >= 15 is 0 Å². The van der Waals surface area contributed by atoms with Gasteiger partial charge in [-0.3, -0.25) is 14.9 Å². The average Bonchev–Trinajstić information content (AvgIpc) is 2.37. The first kappa shape index (κ1) is 15.9. The lowest BCUT2D eigenvalue weighted by atomic mass is 10.1. The number of carboxylic acids is 1. The number of hydrogen-bond acceptors (Lipinski definition) is 5. The maximum Gasteiger partial charge on any atom is 0.326 e. The smallest absolute Gasteiger partial charge is 0.326 e. The molecule has 0 saturated carbocycles. The van der Waals surface area contributed by atoms with Gasteiger partial charge in [0.05, 0.1) is 4.92 Å². The molecule has 0 aliphatic carbocycles. The van der Waals surface area contributed by atoms with Gasteiger partial charge in [0.1, 0.15) is 11.6 Å². The summed E-state index contributed by atoms with van der Waals surface area (Å²) in [6.45, 7) is -0.444. The number of halogens is 1. The molecule has 1 amide bonds. The topological polar surface area (TPSA) is 130 Å². The fourth-order valence-corrected chi connectivity index (χ4v) is 1.64. The van der Waals surface area contributed by atoms with Crippen molar-refractivity contribution < 1.29 is 24.7 Å². The SMILES string of the molecule is O=C(N[C@@H](CCO)C(=O)O)c1ccc(Cl)cc1[N+](=O)[O-]. The van der Waals surface area contributed by atoms with Gasteiger partial charge < -0.3 is 15.5 Å². The van der Waals surface area contributed by atoms with Gasteiger partial charge in [-0.05, 0) is 12.1 Å². The summed E-state index contributed by atoms with van der Waals surface area (Å²) in [7, 11) is 0. The van der Waals surface area contributed by atoms with Crippen molar-refractivity contribution in [1.82, 2.24) is 5.32 Å². The number of carbonyl (C=O) groups excluding carboxylic acids is 1. The number of benzene rings is 1. The Morgan fingerprint density at radius 2 is 2.10 bits per heavy atom. The number of nitro benzene ring substituents is 1. The third-order valence-corrected chi connectivity index (χ3v) is 2.66. The van der Waals surface area contributed by atoms with E-state index in [0.29, 0.717) is 0 Å². The molecule has 3 N–H and O–H groups in total. The van der Waals surface area contributed by atoms with Crippen molar-refractivity contribution >= 4 is 29.2 Å². The highest BCUT2D eigenvalue weighted by molar-refractivity contribution is 6.31. The molecule has 0 radical (unpaired) electrons. The molecule has 8 nitrogen and oxygen atoms in total. The van der Waals surface area contributed by atoms with E-state index in [4.69, 9.17) is 21.8 Å². The van der Waals surface area contributed by atoms with Crippen molar-refractivity contribution in [3.63, 3.8) is 0 Å². The third kappa shape index (κ3) is 3.90. The van der Waals surface area contributed by atoms with Crippen LogP contribution in [0, 0.1) is 10.1 Å². The van der Waals surface area contributed by atoms with E-state index in [1.54, 1.807) is 0 Å². The number of nitrogens with zero attached hydrogens (tertiary/aromatic N) is 1. The highest BCUT2D eigenvalue weighted by Crippen LogP contribution is 2.23. The van der Waals surface area contributed by atoms with E-state index in [0.717, 1.165) is 12.1 Å². The zero-order chi connectivity index (χ0) is 15.3. The number of carboxylic acid groups (broad SMARTS) is 1. The van der Waals surface area contributed by atoms with Crippen LogP contribution in [0.2, 0.25) is 5.02 Å². The van der Waals surface area contributed by atoms with Crippen LogP contribution in [0.3, 0.4) is 0 Å². The Bertz CT molecular complexity index is 548. The second-order valence-corrected chi connectivity index (χ2v) is 4.23. The maximum absolute atomic E-state index is 11.9. The molecule has 0 fully saturated rings. The standard InChI is InChI=1S/C11H11ClN2O6/c12-6-1-2-7(9(5-6)14(19)20)10(16)13-8(3-4-15)11(17)18/h1-2,5,8,15H,3-4H2,(H,13,16)(H,17,18)/t8-/m0/s1. The summed E-state index contributed by atoms with van der Waals surface area (Å²) in [4.78, 5) is 32.8. The second kappa shape index (κ2) is 6.83. The molecule has 9 heteroatoms. The van der Waals surface area contributed by atoms with Crippen molar-refractivity contribution in [3.8, 4) is 0 Å². The van der Waals surface area contributed by atoms with Gasteiger partial charge in [-0.25, -0.2) is 4.79 Å². The molecule has 0 spiro atoms. The minimum Gasteiger partial charge on any atom is -0.480 e. The molecule has 0 saturated heterocycles. The molecule has 0 aliphatic rings. The number of rotatable bonds is 6. The van der Waals surface area contributed by atoms with Gasteiger partial charge in [0, 0.05) is 24.1 Å². The van der Waals surface area contributed by atoms with Crippen LogP contribution in [0.4, 0.5) is 5.69 Å². The van der Waals surface area contributed by atoms with Crippen LogP contribution in [0.15, 0.2) is 18.2 Å². The van der Waals surface area contributed by atoms with Crippen LogP contribution in [-0.2, 0) is 4.79 Å². The van der Waals surface area contributed by atoms with Crippen LogP contribution in [0.25, 0.3) is 0 Å². The van der Waals surface area contributed by atoms with Crippen molar-refractivity contribution in [3.05, 3.63) is 38.9 Å². The van der Waals surface area contributed by atoms with Gasteiger partial charge in [0.25, 0.3) is 11.6 Å². The van der Waals surface area contributed by atoms with Gasteiger partial charge in [-0.15, -0.1) is 0 Å². The van der Waals surface area contributed by atoms with E-state index in [1.165, 1.54) is 6.07 Å². The average molecular weight is 303 g/mol.